The monoisotopic (exact) mass is 383 g/mol. The minimum Gasteiger partial charge on any atom is -0.477 e. The molecule has 2 amide bonds. The van der Waals surface area contributed by atoms with E-state index in [1.165, 1.54) is 16.7 Å². The van der Waals surface area contributed by atoms with E-state index in [-0.39, 0.29) is 28.8 Å². The fourth-order valence-electron chi connectivity index (χ4n) is 4.35. The first-order chi connectivity index (χ1) is 12.1. The van der Waals surface area contributed by atoms with E-state index in [1.54, 1.807) is 25.9 Å². The van der Waals surface area contributed by atoms with E-state index in [2.05, 4.69) is 5.32 Å². The van der Waals surface area contributed by atoms with Gasteiger partial charge >= 0.3 is 5.97 Å². The summed E-state index contributed by atoms with van der Waals surface area (Å²) in [6.45, 7) is 4.00. The number of carbonyl (C=O) groups is 3. The maximum atomic E-state index is 12.4. The number of nitrogens with one attached hydrogen (secondary N) is 1. The van der Waals surface area contributed by atoms with Crippen LogP contribution in [0.3, 0.4) is 0 Å². The van der Waals surface area contributed by atoms with Crippen LogP contribution in [0.1, 0.15) is 26.7 Å². The average molecular weight is 383 g/mol. The predicted molar refractivity (Wildman–Crippen MR) is 96.2 cm³/mol. The number of nitrogens with zero attached hydrogens (tertiary/aromatic N) is 2. The molecule has 0 aromatic rings. The number of amides is 2. The van der Waals surface area contributed by atoms with Crippen molar-refractivity contribution in [1.29, 1.82) is 0 Å². The third kappa shape index (κ3) is 2.82. The van der Waals surface area contributed by atoms with Gasteiger partial charge < -0.3 is 20.4 Å². The quantitative estimate of drug-likeness (QED) is 0.566. The highest BCUT2D eigenvalue weighted by molar-refractivity contribution is 8.03. The van der Waals surface area contributed by atoms with Gasteiger partial charge in [0, 0.05) is 37.2 Å². The summed E-state index contributed by atoms with van der Waals surface area (Å²) in [6.07, 6.45) is 0.213. The van der Waals surface area contributed by atoms with Gasteiger partial charge in [0.15, 0.2) is 0 Å². The lowest BCUT2D eigenvalue weighted by atomic mass is 9.71. The number of aliphatic carboxylic acids is 1. The van der Waals surface area contributed by atoms with E-state index in [9.17, 15) is 24.6 Å². The minimum atomic E-state index is -1.12. The minimum absolute atomic E-state index is 0.00656. The average Bonchev–Trinajstić information content (AvgIpc) is 3.07. The van der Waals surface area contributed by atoms with Crippen molar-refractivity contribution in [1.82, 2.24) is 15.1 Å². The topological polar surface area (TPSA) is 110 Å². The highest BCUT2D eigenvalue weighted by Crippen LogP contribution is 2.55. The molecule has 0 aromatic carbocycles. The van der Waals surface area contributed by atoms with Gasteiger partial charge in [0.05, 0.1) is 23.6 Å². The second-order valence-corrected chi connectivity index (χ2v) is 9.07. The molecular weight excluding hydrogens is 358 g/mol. The van der Waals surface area contributed by atoms with E-state index in [0.717, 1.165) is 0 Å². The number of β-lactam (4-membered cyclic amide) rings is 1. The van der Waals surface area contributed by atoms with Crippen molar-refractivity contribution in [2.45, 2.75) is 49.6 Å². The van der Waals surface area contributed by atoms with Crippen LogP contribution in [0.15, 0.2) is 10.6 Å². The van der Waals surface area contributed by atoms with Crippen molar-refractivity contribution < 1.29 is 24.6 Å². The molecule has 1 unspecified atom stereocenters. The van der Waals surface area contributed by atoms with Crippen molar-refractivity contribution in [2.24, 2.45) is 5.92 Å². The fourth-order valence-corrected chi connectivity index (χ4v) is 5.89. The highest BCUT2D eigenvalue weighted by atomic mass is 32.2. The molecule has 144 valence electrons. The normalized spacial score (nSPS) is 34.6. The summed E-state index contributed by atoms with van der Waals surface area (Å²) in [6, 6.07) is -0.266. The lowest BCUT2D eigenvalue weighted by molar-refractivity contribution is -0.173. The maximum Gasteiger partial charge on any atom is 0.353 e. The lowest BCUT2D eigenvalue weighted by Crippen LogP contribution is -2.69. The number of hydrogen-bond acceptors (Lipinski definition) is 6. The van der Waals surface area contributed by atoms with Crippen LogP contribution in [0, 0.1) is 5.92 Å². The zero-order chi connectivity index (χ0) is 19.4. The smallest absolute Gasteiger partial charge is 0.353 e. The van der Waals surface area contributed by atoms with Crippen molar-refractivity contribution in [3.8, 4) is 0 Å². The Hall–Kier alpha value is -1.58. The molecule has 0 saturated carbocycles. The van der Waals surface area contributed by atoms with E-state index in [0.29, 0.717) is 24.3 Å². The second-order valence-electron chi connectivity index (χ2n) is 7.67. The van der Waals surface area contributed by atoms with E-state index in [4.69, 9.17) is 0 Å². The van der Waals surface area contributed by atoms with Gasteiger partial charge in [-0.2, -0.15) is 0 Å². The fraction of sp³-hybridized carbons (Fsp3) is 0.706. The number of hydrogen-bond donors (Lipinski definition) is 3. The Balaban J connectivity index is 1.77. The maximum absolute atomic E-state index is 12.4. The van der Waals surface area contributed by atoms with Crippen molar-refractivity contribution in [2.75, 3.05) is 20.6 Å². The summed E-state index contributed by atoms with van der Waals surface area (Å²) in [5.74, 6) is -2.03. The van der Waals surface area contributed by atoms with Crippen LogP contribution in [0.4, 0.5) is 0 Å². The lowest BCUT2D eigenvalue weighted by Gasteiger charge is -2.53. The van der Waals surface area contributed by atoms with Gasteiger partial charge in [-0.15, -0.1) is 11.8 Å². The molecule has 3 aliphatic rings. The summed E-state index contributed by atoms with van der Waals surface area (Å²) in [5, 5.41) is 22.8. The molecule has 0 aromatic heterocycles. The molecule has 0 spiro atoms. The SMILES string of the molecule is C[C@@H](O)[C@H]1C(=O)N2C(C(=O)O)=C(S[C@@H]3CN[C@H](C(=O)N(C)C)C3)CC12C. The van der Waals surface area contributed by atoms with Crippen molar-refractivity contribution in [3.05, 3.63) is 10.6 Å². The van der Waals surface area contributed by atoms with Crippen LogP contribution in [0.2, 0.25) is 0 Å². The molecule has 3 heterocycles. The molecule has 3 rings (SSSR count). The molecular formula is C17H25N3O5S. The number of fused-ring (bicyclic) bond motifs is 1. The third-order valence-corrected chi connectivity index (χ3v) is 6.81. The molecule has 0 radical (unpaired) electrons. The zero-order valence-electron chi connectivity index (χ0n) is 15.4. The summed E-state index contributed by atoms with van der Waals surface area (Å²) in [5.41, 5.74) is -0.659. The Bertz CT molecular complexity index is 692. The third-order valence-electron chi connectivity index (χ3n) is 5.50. The Morgan fingerprint density at radius 1 is 1.42 bits per heavy atom. The Kier molecular flexibility index (Phi) is 4.83. The van der Waals surface area contributed by atoms with Gasteiger partial charge in [-0.1, -0.05) is 0 Å². The van der Waals surface area contributed by atoms with E-state index < -0.39 is 23.5 Å². The van der Waals surface area contributed by atoms with Gasteiger partial charge in [-0.3, -0.25) is 14.5 Å². The Labute approximate surface area is 156 Å². The van der Waals surface area contributed by atoms with Crippen LogP contribution < -0.4 is 5.32 Å². The molecule has 2 fully saturated rings. The first kappa shape index (κ1) is 19.2. The number of carboxylic acids is 1. The predicted octanol–water partition coefficient (Wildman–Crippen LogP) is -0.164. The van der Waals surface area contributed by atoms with Crippen LogP contribution in [-0.4, -0.2) is 81.4 Å². The summed E-state index contributed by atoms with van der Waals surface area (Å²) < 4.78 is 0. The molecule has 9 heteroatoms. The summed E-state index contributed by atoms with van der Waals surface area (Å²) >= 11 is 1.44. The van der Waals surface area contributed by atoms with Crippen molar-refractivity contribution in [3.63, 3.8) is 0 Å². The van der Waals surface area contributed by atoms with Crippen LogP contribution >= 0.6 is 11.8 Å². The summed E-state index contributed by atoms with van der Waals surface area (Å²) in [4.78, 5) is 39.8. The molecule has 3 N–H and O–H groups in total. The standard InChI is InChI=1S/C17H25N3O5S/c1-8(21)12-15(23)20-13(16(24)25)11(6-17(12,20)2)26-9-5-10(18-7-9)14(22)19(3)4/h8-10,12,18,21H,5-7H2,1-4H3,(H,24,25)/t8-,9+,10+,12+,17?/m1/s1. The van der Waals surface area contributed by atoms with Gasteiger partial charge in [-0.25, -0.2) is 4.79 Å². The van der Waals surface area contributed by atoms with E-state index in [1.807, 2.05) is 6.92 Å². The highest BCUT2D eigenvalue weighted by Gasteiger charge is 2.65. The number of carbonyl (C=O) groups excluding carboxylic acids is 2. The van der Waals surface area contributed by atoms with Crippen LogP contribution in [0.5, 0.6) is 0 Å². The number of thioether (sulfide) groups is 1. The van der Waals surface area contributed by atoms with Gasteiger partial charge in [0.25, 0.3) is 0 Å². The molecule has 0 aliphatic carbocycles. The molecule has 0 bridgehead atoms. The number of rotatable bonds is 5. The number of aliphatic hydroxyl groups is 1. The number of carboxylic acid groups (broad SMARTS) is 1. The largest absolute Gasteiger partial charge is 0.477 e. The molecule has 3 aliphatic heterocycles. The van der Waals surface area contributed by atoms with E-state index >= 15 is 0 Å². The van der Waals surface area contributed by atoms with Crippen molar-refractivity contribution >= 4 is 29.5 Å². The molecule has 2 saturated heterocycles. The molecule has 26 heavy (non-hydrogen) atoms. The summed E-state index contributed by atoms with van der Waals surface area (Å²) in [7, 11) is 3.42. The zero-order valence-corrected chi connectivity index (χ0v) is 16.2. The number of aliphatic hydroxyl groups excluding tert-OH is 1. The first-order valence-corrected chi connectivity index (χ1v) is 9.55. The second kappa shape index (κ2) is 6.54. The Morgan fingerprint density at radius 3 is 2.62 bits per heavy atom. The van der Waals surface area contributed by atoms with Gasteiger partial charge in [-0.05, 0) is 20.3 Å². The Morgan fingerprint density at radius 2 is 2.08 bits per heavy atom. The van der Waals surface area contributed by atoms with Crippen LogP contribution in [-0.2, 0) is 14.4 Å². The van der Waals surface area contributed by atoms with Gasteiger partial charge in [0.2, 0.25) is 11.8 Å². The first-order valence-electron chi connectivity index (χ1n) is 8.67. The van der Waals surface area contributed by atoms with Crippen LogP contribution in [0.25, 0.3) is 0 Å². The molecule has 8 nitrogen and oxygen atoms in total. The van der Waals surface area contributed by atoms with Gasteiger partial charge in [0.1, 0.15) is 5.70 Å². The number of likely N-dealkylation sites (N-methyl/N-ethyl adjacent to an activating group) is 1. The molecule has 5 atom stereocenters.